The molecule has 0 radical (unpaired) electrons. The number of para-hydroxylation sites is 2. The van der Waals surface area contributed by atoms with Crippen LogP contribution in [0.3, 0.4) is 0 Å². The molecule has 1 aliphatic rings. The van der Waals surface area contributed by atoms with Gasteiger partial charge in [-0.1, -0.05) is 81.8 Å². The summed E-state index contributed by atoms with van der Waals surface area (Å²) < 4.78 is 39.0. The van der Waals surface area contributed by atoms with E-state index in [4.69, 9.17) is 0 Å². The predicted molar refractivity (Wildman–Crippen MR) is 132 cm³/mol. The Hall–Kier alpha value is -0.850. The van der Waals surface area contributed by atoms with Gasteiger partial charge in [0.1, 0.15) is 0 Å². The van der Waals surface area contributed by atoms with Crippen LogP contribution in [0.4, 0.5) is 0 Å². The van der Waals surface area contributed by atoms with Crippen LogP contribution in [0.1, 0.15) is 76.7 Å². The van der Waals surface area contributed by atoms with Crippen molar-refractivity contribution in [1.29, 1.82) is 0 Å². The Bertz CT molecular complexity index is 1150. The van der Waals surface area contributed by atoms with Gasteiger partial charge >= 0.3 is 29.6 Å². The van der Waals surface area contributed by atoms with Gasteiger partial charge in [-0.15, -0.1) is 0 Å². The van der Waals surface area contributed by atoms with Crippen LogP contribution < -0.4 is 29.6 Å². The summed E-state index contributed by atoms with van der Waals surface area (Å²) in [5, 5.41) is 1.65. The first-order valence-corrected chi connectivity index (χ1v) is 13.9. The molecule has 0 amide bonds. The van der Waals surface area contributed by atoms with Crippen molar-refractivity contribution in [2.45, 2.75) is 89.3 Å². The maximum atomic E-state index is 12.2. The van der Waals surface area contributed by atoms with Crippen LogP contribution in [0, 0.1) is 5.92 Å². The van der Waals surface area contributed by atoms with Gasteiger partial charge in [-0.05, 0) is 49.7 Å². The maximum absolute atomic E-state index is 12.2. The normalized spacial score (nSPS) is 16.2. The van der Waals surface area contributed by atoms with Crippen molar-refractivity contribution in [2.75, 3.05) is 0 Å². The van der Waals surface area contributed by atoms with E-state index in [2.05, 4.69) is 47.9 Å². The number of benzene rings is 2. The van der Waals surface area contributed by atoms with Crippen LogP contribution in [0.15, 0.2) is 42.5 Å². The molecule has 0 saturated heterocycles. The molecule has 0 N–H and O–H groups in total. The van der Waals surface area contributed by atoms with E-state index >= 15 is 0 Å². The van der Waals surface area contributed by atoms with Crippen LogP contribution in [-0.4, -0.2) is 22.8 Å². The number of rotatable bonds is 10. The van der Waals surface area contributed by atoms with E-state index in [-0.39, 0.29) is 35.5 Å². The molecule has 0 bridgehead atoms. The smallest absolute Gasteiger partial charge is 0.748 e. The zero-order chi connectivity index (χ0) is 22.6. The van der Waals surface area contributed by atoms with Crippen LogP contribution in [0.25, 0.3) is 21.8 Å². The van der Waals surface area contributed by atoms with Crippen LogP contribution in [0.2, 0.25) is 0 Å². The molecule has 1 fully saturated rings. The summed E-state index contributed by atoms with van der Waals surface area (Å²) in [4.78, 5) is 0. The fraction of sp³-hybridized carbons (Fsp3) is 0.556. The van der Waals surface area contributed by atoms with Crippen LogP contribution in [-0.2, 0) is 23.1 Å². The van der Waals surface area contributed by atoms with E-state index in [1.807, 2.05) is 6.07 Å². The topological polar surface area (TPSA) is 62.1 Å². The van der Waals surface area contributed by atoms with Gasteiger partial charge in [0.25, 0.3) is 0 Å². The largest absolute Gasteiger partial charge is 1.00 e. The number of nitrogens with zero attached hydrogens (tertiary/aromatic N) is 1. The summed E-state index contributed by atoms with van der Waals surface area (Å²) in [6.45, 7) is 2.80. The first-order chi connectivity index (χ1) is 15.5. The quantitative estimate of drug-likeness (QED) is 0.253. The van der Waals surface area contributed by atoms with E-state index in [0.29, 0.717) is 13.0 Å². The molecule has 1 saturated carbocycles. The van der Waals surface area contributed by atoms with Gasteiger partial charge in [0, 0.05) is 22.8 Å². The number of hydrogen-bond donors (Lipinski definition) is 0. The Kier molecular flexibility index (Phi) is 9.90. The third kappa shape index (κ3) is 6.24. The Labute approximate surface area is 221 Å². The maximum Gasteiger partial charge on any atom is 1.00 e. The first kappa shape index (κ1) is 26.7. The molecule has 33 heavy (non-hydrogen) atoms. The van der Waals surface area contributed by atoms with Gasteiger partial charge < -0.3 is 9.12 Å². The first-order valence-electron chi connectivity index (χ1n) is 12.4. The molecule has 174 valence electrons. The molecule has 1 atom stereocenters. The molecule has 1 aromatic heterocycles. The van der Waals surface area contributed by atoms with Crippen LogP contribution in [0.5, 0.6) is 0 Å². The zero-order valence-corrected chi connectivity index (χ0v) is 23.1. The molecule has 4 rings (SSSR count). The molecular formula is C27H36NNaO3S. The standard InChI is InChI=1S/C27H37NO3S.Na/c1-2-3-4-6-14-22-15-11-17-24-23-16-9-10-18-25(23)28(27(22)24)20-19-26(32(29,30)31)21-12-7-5-8-13-21;/h9-11,15-18,21,26H,2-8,12-14,19-20H2,1H3,(H,29,30,31);/q;+1/p-1. The molecule has 1 heterocycles. The predicted octanol–water partition coefficient (Wildman–Crippen LogP) is 3.81. The average Bonchev–Trinajstić information content (AvgIpc) is 3.11. The Balaban J connectivity index is 0.00000306. The zero-order valence-electron chi connectivity index (χ0n) is 20.3. The van der Waals surface area contributed by atoms with Gasteiger partial charge in [-0.25, -0.2) is 8.42 Å². The van der Waals surface area contributed by atoms with Crippen molar-refractivity contribution < 1.29 is 42.5 Å². The summed E-state index contributed by atoms with van der Waals surface area (Å²) in [5.41, 5.74) is 3.68. The van der Waals surface area contributed by atoms with E-state index in [1.165, 1.54) is 41.1 Å². The summed E-state index contributed by atoms with van der Waals surface area (Å²) in [6.07, 6.45) is 11.2. The third-order valence-corrected chi connectivity index (χ3v) is 8.72. The summed E-state index contributed by atoms with van der Waals surface area (Å²) in [7, 11) is -4.32. The second-order valence-corrected chi connectivity index (χ2v) is 11.1. The number of unbranched alkanes of at least 4 members (excludes halogenated alkanes) is 3. The average molecular weight is 478 g/mol. The number of aromatic nitrogens is 1. The minimum atomic E-state index is -4.32. The number of aryl methyl sites for hydroxylation is 2. The molecule has 0 aliphatic heterocycles. The Morgan fingerprint density at radius 2 is 1.70 bits per heavy atom. The van der Waals surface area contributed by atoms with Gasteiger partial charge in [0.15, 0.2) is 0 Å². The van der Waals surface area contributed by atoms with Crippen molar-refractivity contribution in [2.24, 2.45) is 5.92 Å². The fourth-order valence-corrected chi connectivity index (χ4v) is 6.88. The second kappa shape index (κ2) is 12.2. The Morgan fingerprint density at radius 1 is 0.970 bits per heavy atom. The van der Waals surface area contributed by atoms with Crippen molar-refractivity contribution in [3.63, 3.8) is 0 Å². The molecule has 6 heteroatoms. The van der Waals surface area contributed by atoms with E-state index in [0.717, 1.165) is 50.5 Å². The Morgan fingerprint density at radius 3 is 2.42 bits per heavy atom. The summed E-state index contributed by atoms with van der Waals surface area (Å²) in [6, 6.07) is 14.9. The molecule has 2 aromatic carbocycles. The summed E-state index contributed by atoms with van der Waals surface area (Å²) in [5.74, 6) is 0.00727. The molecule has 1 unspecified atom stereocenters. The number of hydrogen-bond acceptors (Lipinski definition) is 3. The van der Waals surface area contributed by atoms with Gasteiger partial charge in [-0.2, -0.15) is 0 Å². The van der Waals surface area contributed by atoms with Gasteiger partial charge in [-0.3, -0.25) is 0 Å². The van der Waals surface area contributed by atoms with Gasteiger partial charge in [0.05, 0.1) is 20.9 Å². The molecule has 0 spiro atoms. The molecule has 3 aromatic rings. The third-order valence-electron chi connectivity index (χ3n) is 7.36. The molecule has 1 aliphatic carbocycles. The van der Waals surface area contributed by atoms with E-state index in [9.17, 15) is 13.0 Å². The summed E-state index contributed by atoms with van der Waals surface area (Å²) >= 11 is 0. The SMILES string of the molecule is CCCCCCc1cccc2c3ccccc3n(CCC(C3CCCCC3)S(=O)(=O)[O-])c12.[Na+]. The second-order valence-electron chi connectivity index (χ2n) is 9.51. The van der Waals surface area contributed by atoms with E-state index < -0.39 is 15.4 Å². The number of fused-ring (bicyclic) bond motifs is 3. The van der Waals surface area contributed by atoms with Crippen molar-refractivity contribution in [3.8, 4) is 0 Å². The van der Waals surface area contributed by atoms with E-state index in [1.54, 1.807) is 0 Å². The van der Waals surface area contributed by atoms with Crippen molar-refractivity contribution in [3.05, 3.63) is 48.0 Å². The molecule has 4 nitrogen and oxygen atoms in total. The van der Waals surface area contributed by atoms with Crippen LogP contribution >= 0.6 is 0 Å². The fourth-order valence-electron chi connectivity index (χ4n) is 5.74. The van der Waals surface area contributed by atoms with Crippen molar-refractivity contribution >= 4 is 31.9 Å². The van der Waals surface area contributed by atoms with Crippen molar-refractivity contribution in [1.82, 2.24) is 4.57 Å². The monoisotopic (exact) mass is 477 g/mol. The molecular weight excluding hydrogens is 441 g/mol. The minimum Gasteiger partial charge on any atom is -0.748 e. The van der Waals surface area contributed by atoms with Gasteiger partial charge in [0.2, 0.25) is 0 Å². The minimum absolute atomic E-state index is 0.